The monoisotopic (exact) mass is 482 g/mol. The zero-order chi connectivity index (χ0) is 24.1. The Kier molecular flexibility index (Phi) is 27.1. The number of nitrogens with two attached hydrogens (primary N) is 1. The Hall–Kier alpha value is -1.58. The molecule has 0 aromatic rings. The molecule has 0 aromatic carbocycles. The summed E-state index contributed by atoms with van der Waals surface area (Å²) < 4.78 is 42.7. The molecule has 0 saturated heterocycles. The molecule has 0 aliphatic carbocycles. The predicted molar refractivity (Wildman–Crippen MR) is 116 cm³/mol. The highest BCUT2D eigenvalue weighted by Gasteiger charge is 1.98. The van der Waals surface area contributed by atoms with Crippen LogP contribution in [0.1, 0.15) is 6.42 Å². The van der Waals surface area contributed by atoms with E-state index in [9.17, 15) is 4.79 Å². The number of rotatable bonds is 27. The highest BCUT2D eigenvalue weighted by Crippen LogP contribution is 1.86. The van der Waals surface area contributed by atoms with E-state index in [1.807, 2.05) is 5.43 Å². The largest absolute Gasteiger partial charge is 0.379 e. The van der Waals surface area contributed by atoms with Crippen LogP contribution in [0.25, 0.3) is 0 Å². The van der Waals surface area contributed by atoms with Crippen LogP contribution in [0.3, 0.4) is 0 Å². The second-order valence-electron chi connectivity index (χ2n) is 6.18. The van der Waals surface area contributed by atoms with E-state index in [-0.39, 0.29) is 12.3 Å². The number of hydrazine groups is 1. The quantitative estimate of drug-likeness (QED) is 0.0330. The molecular weight excluding hydrogens is 442 g/mol. The molecule has 0 spiro atoms. The SMILES string of the molecule is N=[N+]=NCCOCCOCCOCCOCCOCCOCCOCCOCCC(=O)NN. The van der Waals surface area contributed by atoms with Gasteiger partial charge in [-0.15, -0.1) is 0 Å². The summed E-state index contributed by atoms with van der Waals surface area (Å²) in [5.41, 5.74) is 8.52. The lowest BCUT2D eigenvalue weighted by Gasteiger charge is -2.08. The molecular formula is C19H40N5O9+. The topological polar surface area (TPSA) is 179 Å². The number of hydrogen-bond donors (Lipinski definition) is 3. The maximum atomic E-state index is 10.9. The summed E-state index contributed by atoms with van der Waals surface area (Å²) in [5.74, 6) is 4.69. The van der Waals surface area contributed by atoms with Crippen LogP contribution >= 0.6 is 0 Å². The molecule has 0 aliphatic heterocycles. The zero-order valence-electron chi connectivity index (χ0n) is 19.4. The Labute approximate surface area is 194 Å². The highest BCUT2D eigenvalue weighted by molar-refractivity contribution is 5.75. The molecule has 0 bridgehead atoms. The van der Waals surface area contributed by atoms with Crippen LogP contribution in [0, 0.1) is 5.53 Å². The van der Waals surface area contributed by atoms with Crippen molar-refractivity contribution < 1.29 is 42.7 Å². The first-order chi connectivity index (χ1) is 16.3. The van der Waals surface area contributed by atoms with E-state index in [1.54, 1.807) is 0 Å². The third-order valence-corrected chi connectivity index (χ3v) is 3.64. The average molecular weight is 483 g/mol. The second-order valence-corrected chi connectivity index (χ2v) is 6.18. The fourth-order valence-corrected chi connectivity index (χ4v) is 2.03. The van der Waals surface area contributed by atoms with Gasteiger partial charge in [0.05, 0.1) is 112 Å². The first-order valence-electron chi connectivity index (χ1n) is 11.0. The Morgan fingerprint density at radius 1 is 0.606 bits per heavy atom. The lowest BCUT2D eigenvalue weighted by Crippen LogP contribution is -2.30. The third kappa shape index (κ3) is 28.4. The van der Waals surface area contributed by atoms with E-state index >= 15 is 0 Å². The molecule has 14 nitrogen and oxygen atoms in total. The zero-order valence-corrected chi connectivity index (χ0v) is 19.4. The van der Waals surface area contributed by atoms with Crippen molar-refractivity contribution in [2.24, 2.45) is 11.0 Å². The number of amides is 1. The highest BCUT2D eigenvalue weighted by atomic mass is 16.6. The van der Waals surface area contributed by atoms with E-state index in [0.717, 1.165) is 0 Å². The van der Waals surface area contributed by atoms with E-state index in [4.69, 9.17) is 49.3 Å². The number of carbonyl (C=O) groups excluding carboxylic acids is 1. The standard InChI is InChI=1S/C19H39N5O9/c20-23-19(25)1-3-26-5-7-28-9-11-30-13-15-32-17-18-33-16-14-31-12-10-29-8-6-27-4-2-22-24-21/h20H,1-18H2,(H2,21,22)/p+1. The van der Waals surface area contributed by atoms with Gasteiger partial charge in [-0.05, 0) is 0 Å². The van der Waals surface area contributed by atoms with Crippen molar-refractivity contribution in [1.29, 1.82) is 5.53 Å². The average Bonchev–Trinajstić information content (AvgIpc) is 2.83. The van der Waals surface area contributed by atoms with Gasteiger partial charge in [0.25, 0.3) is 0 Å². The molecule has 14 heteroatoms. The van der Waals surface area contributed by atoms with Gasteiger partial charge in [0.2, 0.25) is 10.8 Å². The van der Waals surface area contributed by atoms with Crippen LogP contribution in [-0.4, -0.2) is 118 Å². The van der Waals surface area contributed by atoms with Crippen LogP contribution in [0.5, 0.6) is 0 Å². The molecule has 0 saturated carbocycles. The molecule has 33 heavy (non-hydrogen) atoms. The molecule has 0 rings (SSSR count). The number of nitrogens with zero attached hydrogens (tertiary/aromatic N) is 2. The van der Waals surface area contributed by atoms with Gasteiger partial charge in [-0.3, -0.25) is 10.2 Å². The van der Waals surface area contributed by atoms with Crippen LogP contribution in [-0.2, 0) is 42.7 Å². The first-order valence-corrected chi connectivity index (χ1v) is 11.0. The van der Waals surface area contributed by atoms with Gasteiger partial charge in [-0.2, -0.15) is 0 Å². The summed E-state index contributed by atoms with van der Waals surface area (Å²) in [6, 6.07) is 0. The summed E-state index contributed by atoms with van der Waals surface area (Å²) in [5, 5.41) is 3.47. The first kappa shape index (κ1) is 31.4. The molecule has 0 fully saturated rings. The van der Waals surface area contributed by atoms with E-state index < -0.39 is 0 Å². The maximum absolute atomic E-state index is 10.9. The summed E-state index contributed by atoms with van der Waals surface area (Å²) in [7, 11) is 0. The normalized spacial score (nSPS) is 10.8. The Balaban J connectivity index is 3.04. The summed E-state index contributed by atoms with van der Waals surface area (Å²) in [6.45, 7) is 7.83. The van der Waals surface area contributed by atoms with Gasteiger partial charge in [0.15, 0.2) is 0 Å². The smallest absolute Gasteiger partial charge is 0.236 e. The van der Waals surface area contributed by atoms with Crippen molar-refractivity contribution in [3.05, 3.63) is 0 Å². The molecule has 4 N–H and O–H groups in total. The molecule has 0 radical (unpaired) electrons. The van der Waals surface area contributed by atoms with Crippen LogP contribution in [0.4, 0.5) is 0 Å². The van der Waals surface area contributed by atoms with Crippen LogP contribution < -0.4 is 16.2 Å². The van der Waals surface area contributed by atoms with Crippen molar-refractivity contribution >= 4 is 5.91 Å². The van der Waals surface area contributed by atoms with Crippen molar-refractivity contribution in [1.82, 2.24) is 10.3 Å². The lowest BCUT2D eigenvalue weighted by molar-refractivity contribution is -0.122. The van der Waals surface area contributed by atoms with Crippen molar-refractivity contribution in [3.8, 4) is 0 Å². The third-order valence-electron chi connectivity index (χ3n) is 3.64. The lowest BCUT2D eigenvalue weighted by atomic mass is 10.4. The maximum Gasteiger partial charge on any atom is 0.236 e. The van der Waals surface area contributed by atoms with Crippen molar-refractivity contribution in [3.63, 3.8) is 0 Å². The fraction of sp³-hybridized carbons (Fsp3) is 0.947. The Morgan fingerprint density at radius 2 is 0.909 bits per heavy atom. The molecule has 0 aliphatic rings. The Morgan fingerprint density at radius 3 is 1.21 bits per heavy atom. The minimum absolute atomic E-state index is 0.232. The number of nitrogens with one attached hydrogen (secondary N) is 2. The van der Waals surface area contributed by atoms with Gasteiger partial charge in [-0.25, -0.2) is 5.84 Å². The second kappa shape index (κ2) is 28.5. The molecule has 0 aromatic heterocycles. The molecule has 0 atom stereocenters. The van der Waals surface area contributed by atoms with Crippen LogP contribution in [0.2, 0.25) is 0 Å². The van der Waals surface area contributed by atoms with Crippen LogP contribution in [0.15, 0.2) is 5.11 Å². The van der Waals surface area contributed by atoms with Crippen molar-refractivity contribution in [2.75, 3.05) is 112 Å². The molecule has 0 unspecified atom stereocenters. The number of ether oxygens (including phenoxy) is 8. The number of carbonyl (C=O) groups is 1. The predicted octanol–water partition coefficient (Wildman–Crippen LogP) is -0.950. The van der Waals surface area contributed by atoms with Gasteiger partial charge in [0.1, 0.15) is 17.2 Å². The van der Waals surface area contributed by atoms with Gasteiger partial charge in [-0.1, -0.05) is 0 Å². The molecule has 0 heterocycles. The van der Waals surface area contributed by atoms with E-state index in [1.165, 1.54) is 0 Å². The minimum atomic E-state index is -0.258. The molecule has 194 valence electrons. The van der Waals surface area contributed by atoms with E-state index in [0.29, 0.717) is 112 Å². The van der Waals surface area contributed by atoms with Gasteiger partial charge >= 0.3 is 0 Å². The summed E-state index contributed by atoms with van der Waals surface area (Å²) >= 11 is 0. The minimum Gasteiger partial charge on any atom is -0.379 e. The van der Waals surface area contributed by atoms with E-state index in [2.05, 4.69) is 10.0 Å². The summed E-state index contributed by atoms with van der Waals surface area (Å²) in [6.07, 6.45) is 0.232. The number of hydrogen-bond acceptors (Lipinski definition) is 12. The fourth-order valence-electron chi connectivity index (χ4n) is 2.03. The Bertz CT molecular complexity index is 471. The van der Waals surface area contributed by atoms with Crippen molar-refractivity contribution in [2.45, 2.75) is 6.42 Å². The van der Waals surface area contributed by atoms with Gasteiger partial charge < -0.3 is 37.9 Å². The van der Waals surface area contributed by atoms with Gasteiger partial charge in [0, 0.05) is 0 Å². The summed E-state index contributed by atoms with van der Waals surface area (Å²) in [4.78, 5) is 13.7. The molecule has 1 amide bonds.